The highest BCUT2D eigenvalue weighted by molar-refractivity contribution is 6.03. The number of carbonyl (C=O) groups excluding carboxylic acids is 2. The molecule has 0 radical (unpaired) electrons. The van der Waals surface area contributed by atoms with Gasteiger partial charge in [-0.1, -0.05) is 30.3 Å². The molecular weight excluding hydrogens is 218 g/mol. The van der Waals surface area contributed by atoms with Crippen LogP contribution in [0.25, 0.3) is 0 Å². The summed E-state index contributed by atoms with van der Waals surface area (Å²) in [5.41, 5.74) is 0.965. The number of esters is 1. The van der Waals surface area contributed by atoms with Crippen molar-refractivity contribution in [2.24, 2.45) is 5.92 Å². The normalized spacial score (nSPS) is 23.2. The first-order chi connectivity index (χ1) is 8.16. The average molecular weight is 233 g/mol. The van der Waals surface area contributed by atoms with Crippen molar-refractivity contribution in [2.45, 2.75) is 13.0 Å². The fourth-order valence-electron chi connectivity index (χ4n) is 2.16. The molecule has 1 saturated heterocycles. The number of rotatable bonds is 3. The SMILES string of the molecule is CCOC(=O)[C@@H]1C(=O)N(C)[C@H]1c1ccccc1. The highest BCUT2D eigenvalue weighted by atomic mass is 16.5. The molecule has 1 aromatic carbocycles. The second kappa shape index (κ2) is 4.57. The summed E-state index contributed by atoms with van der Waals surface area (Å²) in [7, 11) is 1.70. The van der Waals surface area contributed by atoms with Crippen LogP contribution in [0.5, 0.6) is 0 Å². The number of ether oxygens (including phenoxy) is 1. The van der Waals surface area contributed by atoms with Gasteiger partial charge in [-0.2, -0.15) is 0 Å². The Bertz CT molecular complexity index is 430. The molecule has 4 heteroatoms. The molecule has 1 amide bonds. The second-order valence-corrected chi connectivity index (χ2v) is 4.03. The van der Waals surface area contributed by atoms with Crippen molar-refractivity contribution < 1.29 is 14.3 Å². The summed E-state index contributed by atoms with van der Waals surface area (Å²) in [4.78, 5) is 25.0. The Morgan fingerprint density at radius 2 is 2.00 bits per heavy atom. The monoisotopic (exact) mass is 233 g/mol. The number of benzene rings is 1. The van der Waals surface area contributed by atoms with Gasteiger partial charge in [0.25, 0.3) is 0 Å². The molecule has 1 aliphatic rings. The van der Waals surface area contributed by atoms with Gasteiger partial charge in [0.05, 0.1) is 12.6 Å². The number of nitrogens with zero attached hydrogens (tertiary/aromatic N) is 1. The largest absolute Gasteiger partial charge is 0.465 e. The zero-order valence-corrected chi connectivity index (χ0v) is 9.92. The third kappa shape index (κ3) is 1.90. The lowest BCUT2D eigenvalue weighted by Gasteiger charge is -2.43. The lowest BCUT2D eigenvalue weighted by atomic mass is 9.83. The van der Waals surface area contributed by atoms with Gasteiger partial charge in [0.1, 0.15) is 0 Å². The van der Waals surface area contributed by atoms with E-state index in [0.29, 0.717) is 6.61 Å². The molecular formula is C13H15NO3. The van der Waals surface area contributed by atoms with E-state index in [0.717, 1.165) is 5.56 Å². The molecule has 0 aromatic heterocycles. The van der Waals surface area contributed by atoms with E-state index in [1.54, 1.807) is 18.9 Å². The molecule has 0 saturated carbocycles. The van der Waals surface area contributed by atoms with Gasteiger partial charge in [-0.15, -0.1) is 0 Å². The quantitative estimate of drug-likeness (QED) is 0.450. The molecule has 0 N–H and O–H groups in total. The highest BCUT2D eigenvalue weighted by Gasteiger charge is 2.51. The lowest BCUT2D eigenvalue weighted by Crippen LogP contribution is -2.56. The minimum Gasteiger partial charge on any atom is -0.465 e. The second-order valence-electron chi connectivity index (χ2n) is 4.03. The number of β-lactam (4-membered cyclic amide) rings is 1. The number of likely N-dealkylation sites (tertiary alicyclic amines) is 1. The maximum absolute atomic E-state index is 11.7. The molecule has 1 fully saturated rings. The fourth-order valence-corrected chi connectivity index (χ4v) is 2.16. The molecule has 0 aliphatic carbocycles. The van der Waals surface area contributed by atoms with Crippen LogP contribution >= 0.6 is 0 Å². The first kappa shape index (κ1) is 11.6. The third-order valence-electron chi connectivity index (χ3n) is 3.03. The van der Waals surface area contributed by atoms with E-state index >= 15 is 0 Å². The molecule has 17 heavy (non-hydrogen) atoms. The standard InChI is InChI=1S/C13H15NO3/c1-3-17-13(16)10-11(14(2)12(10)15)9-7-5-4-6-8-9/h4-8,10-11H,3H2,1-2H3/t10-,11-/m0/s1. The summed E-state index contributed by atoms with van der Waals surface area (Å²) in [6.45, 7) is 2.04. The first-order valence-corrected chi connectivity index (χ1v) is 5.65. The Morgan fingerprint density at radius 1 is 1.35 bits per heavy atom. The van der Waals surface area contributed by atoms with E-state index in [4.69, 9.17) is 4.74 Å². The Hall–Kier alpha value is -1.84. The van der Waals surface area contributed by atoms with Crippen LogP contribution in [0.1, 0.15) is 18.5 Å². The van der Waals surface area contributed by atoms with Crippen LogP contribution in [0, 0.1) is 5.92 Å². The lowest BCUT2D eigenvalue weighted by molar-refractivity contribution is -0.171. The molecule has 1 heterocycles. The molecule has 1 aliphatic heterocycles. The van der Waals surface area contributed by atoms with E-state index in [-0.39, 0.29) is 11.9 Å². The van der Waals surface area contributed by atoms with Gasteiger partial charge in [0, 0.05) is 7.05 Å². The van der Waals surface area contributed by atoms with Crippen LogP contribution in [-0.2, 0) is 14.3 Å². The minimum atomic E-state index is -0.678. The molecule has 0 spiro atoms. The van der Waals surface area contributed by atoms with Crippen LogP contribution in [0.3, 0.4) is 0 Å². The summed E-state index contributed by atoms with van der Waals surface area (Å²) in [6, 6.07) is 9.34. The molecule has 0 unspecified atom stereocenters. The summed E-state index contributed by atoms with van der Waals surface area (Å²) < 4.78 is 4.93. The maximum Gasteiger partial charge on any atom is 0.321 e. The zero-order chi connectivity index (χ0) is 12.4. The Morgan fingerprint density at radius 3 is 2.59 bits per heavy atom. The van der Waals surface area contributed by atoms with Crippen molar-refractivity contribution in [3.8, 4) is 0 Å². The van der Waals surface area contributed by atoms with Gasteiger partial charge in [-0.3, -0.25) is 9.59 Å². The molecule has 0 bridgehead atoms. The van der Waals surface area contributed by atoms with Crippen LogP contribution in [0.4, 0.5) is 0 Å². The van der Waals surface area contributed by atoms with Crippen LogP contribution in [0.15, 0.2) is 30.3 Å². The van der Waals surface area contributed by atoms with Crippen LogP contribution < -0.4 is 0 Å². The number of hydrogen-bond acceptors (Lipinski definition) is 3. The summed E-state index contributed by atoms with van der Waals surface area (Å²) in [6.07, 6.45) is 0. The number of hydrogen-bond donors (Lipinski definition) is 0. The molecule has 2 atom stereocenters. The maximum atomic E-state index is 11.7. The smallest absolute Gasteiger partial charge is 0.321 e. The van der Waals surface area contributed by atoms with E-state index in [2.05, 4.69) is 0 Å². The predicted molar refractivity (Wildman–Crippen MR) is 62.1 cm³/mol. The minimum absolute atomic E-state index is 0.169. The van der Waals surface area contributed by atoms with Crippen molar-refractivity contribution in [3.63, 3.8) is 0 Å². The van der Waals surface area contributed by atoms with E-state index in [9.17, 15) is 9.59 Å². The van der Waals surface area contributed by atoms with Crippen molar-refractivity contribution in [1.29, 1.82) is 0 Å². The molecule has 90 valence electrons. The van der Waals surface area contributed by atoms with E-state index in [1.807, 2.05) is 30.3 Å². The van der Waals surface area contributed by atoms with Gasteiger partial charge in [0.2, 0.25) is 5.91 Å². The fraction of sp³-hybridized carbons (Fsp3) is 0.385. The molecule has 2 rings (SSSR count). The Labute approximate surface area is 100 Å². The summed E-state index contributed by atoms with van der Waals surface area (Å²) in [5.74, 6) is -1.27. The van der Waals surface area contributed by atoms with Crippen LogP contribution in [0.2, 0.25) is 0 Å². The zero-order valence-electron chi connectivity index (χ0n) is 9.92. The predicted octanol–water partition coefficient (Wildman–Crippen LogP) is 1.38. The van der Waals surface area contributed by atoms with Gasteiger partial charge in [-0.25, -0.2) is 0 Å². The topological polar surface area (TPSA) is 46.6 Å². The van der Waals surface area contributed by atoms with Crippen molar-refractivity contribution in [2.75, 3.05) is 13.7 Å². The van der Waals surface area contributed by atoms with Crippen molar-refractivity contribution >= 4 is 11.9 Å². The average Bonchev–Trinajstić information content (AvgIpc) is 2.35. The van der Waals surface area contributed by atoms with E-state index < -0.39 is 11.9 Å². The van der Waals surface area contributed by atoms with E-state index in [1.165, 1.54) is 0 Å². The third-order valence-corrected chi connectivity index (χ3v) is 3.03. The van der Waals surface area contributed by atoms with Gasteiger partial charge in [-0.05, 0) is 12.5 Å². The van der Waals surface area contributed by atoms with Gasteiger partial charge in [0.15, 0.2) is 5.92 Å². The highest BCUT2D eigenvalue weighted by Crippen LogP contribution is 2.39. The molecule has 4 nitrogen and oxygen atoms in total. The van der Waals surface area contributed by atoms with Crippen molar-refractivity contribution in [3.05, 3.63) is 35.9 Å². The van der Waals surface area contributed by atoms with Crippen molar-refractivity contribution in [1.82, 2.24) is 4.90 Å². The summed E-state index contributed by atoms with van der Waals surface area (Å²) in [5, 5.41) is 0. The summed E-state index contributed by atoms with van der Waals surface area (Å²) >= 11 is 0. The first-order valence-electron chi connectivity index (χ1n) is 5.65. The molecule has 1 aromatic rings. The number of carbonyl (C=O) groups is 2. The van der Waals surface area contributed by atoms with Gasteiger partial charge >= 0.3 is 5.97 Å². The van der Waals surface area contributed by atoms with Crippen LogP contribution in [-0.4, -0.2) is 30.4 Å². The Kier molecular flexibility index (Phi) is 3.13. The number of amides is 1. The van der Waals surface area contributed by atoms with Gasteiger partial charge < -0.3 is 9.64 Å². The Balaban J connectivity index is 2.21.